The molecule has 230 valence electrons. The highest BCUT2D eigenvalue weighted by molar-refractivity contribution is 6.03. The first-order valence-corrected chi connectivity index (χ1v) is 14.6. The molecule has 8 aromatic rings. The van der Waals surface area contributed by atoms with E-state index < -0.39 is 11.9 Å². The van der Waals surface area contributed by atoms with E-state index in [1.165, 1.54) is 14.2 Å². The standard InChI is InChI=1S/C19H13NO4.C19H13NO3/c1-23-19(22)13-7-4-8-15-16(13)20-18(24-15)14-10-9-11-5-2-3-6-12(11)17(14)21;1-22-19(21)15-7-4-8-16-17(15)20-18(23-16)14-10-9-12-5-2-3-6-13(12)11-14/h2-10,21H,1H3;2-11H,1H3. The van der Waals surface area contributed by atoms with Crippen LogP contribution in [0, 0.1) is 0 Å². The number of hydrogen-bond acceptors (Lipinski definition) is 9. The molecule has 47 heavy (non-hydrogen) atoms. The van der Waals surface area contributed by atoms with Crippen LogP contribution < -0.4 is 0 Å². The summed E-state index contributed by atoms with van der Waals surface area (Å²) >= 11 is 0. The van der Waals surface area contributed by atoms with Crippen molar-refractivity contribution < 1.29 is 33.0 Å². The number of fused-ring (bicyclic) bond motifs is 4. The summed E-state index contributed by atoms with van der Waals surface area (Å²) in [5.41, 5.74) is 4.02. The lowest BCUT2D eigenvalue weighted by Crippen LogP contribution is -2.01. The first kappa shape index (κ1) is 29.2. The number of methoxy groups -OCH3 is 2. The summed E-state index contributed by atoms with van der Waals surface area (Å²) in [5, 5.41) is 14.5. The summed E-state index contributed by atoms with van der Waals surface area (Å²) in [5.74, 6) is -0.0665. The molecule has 0 saturated heterocycles. The highest BCUT2D eigenvalue weighted by Crippen LogP contribution is 2.37. The molecule has 9 nitrogen and oxygen atoms in total. The van der Waals surface area contributed by atoms with Crippen LogP contribution in [-0.2, 0) is 9.47 Å². The van der Waals surface area contributed by atoms with E-state index in [-0.39, 0.29) is 11.6 Å². The number of carbonyl (C=O) groups is 2. The van der Waals surface area contributed by atoms with Gasteiger partial charge in [0, 0.05) is 10.9 Å². The van der Waals surface area contributed by atoms with Gasteiger partial charge in [-0.05, 0) is 58.6 Å². The van der Waals surface area contributed by atoms with E-state index in [1.807, 2.05) is 66.7 Å². The zero-order valence-electron chi connectivity index (χ0n) is 25.3. The number of benzene rings is 6. The zero-order valence-corrected chi connectivity index (χ0v) is 25.3. The summed E-state index contributed by atoms with van der Waals surface area (Å²) in [4.78, 5) is 32.6. The molecule has 0 aliphatic rings. The number of nitrogens with zero attached hydrogens (tertiary/aromatic N) is 2. The van der Waals surface area contributed by atoms with Gasteiger partial charge in [-0.15, -0.1) is 0 Å². The van der Waals surface area contributed by atoms with E-state index in [1.54, 1.807) is 42.5 Å². The van der Waals surface area contributed by atoms with Crippen LogP contribution in [0.15, 0.2) is 124 Å². The van der Waals surface area contributed by atoms with Crippen LogP contribution in [0.5, 0.6) is 5.75 Å². The summed E-state index contributed by atoms with van der Waals surface area (Å²) in [6, 6.07) is 35.5. The summed E-state index contributed by atoms with van der Waals surface area (Å²) in [7, 11) is 2.67. The van der Waals surface area contributed by atoms with Crippen molar-refractivity contribution >= 4 is 55.7 Å². The zero-order chi connectivity index (χ0) is 32.5. The predicted octanol–water partition coefficient (Wildman–Crippen LogP) is 8.57. The van der Waals surface area contributed by atoms with E-state index in [0.29, 0.717) is 50.2 Å². The van der Waals surface area contributed by atoms with Crippen LogP contribution in [0.1, 0.15) is 20.7 Å². The second-order valence-corrected chi connectivity index (χ2v) is 10.6. The predicted molar refractivity (Wildman–Crippen MR) is 178 cm³/mol. The average molecular weight is 623 g/mol. The fourth-order valence-electron chi connectivity index (χ4n) is 5.44. The molecule has 0 aliphatic heterocycles. The second-order valence-electron chi connectivity index (χ2n) is 10.6. The number of phenols is 1. The normalized spacial score (nSPS) is 11.0. The molecule has 2 aromatic heterocycles. The van der Waals surface area contributed by atoms with E-state index in [9.17, 15) is 14.7 Å². The van der Waals surface area contributed by atoms with Gasteiger partial charge in [-0.25, -0.2) is 19.6 Å². The Hall–Kier alpha value is -6.48. The molecular weight excluding hydrogens is 596 g/mol. The van der Waals surface area contributed by atoms with Gasteiger partial charge in [0.15, 0.2) is 11.2 Å². The van der Waals surface area contributed by atoms with Gasteiger partial charge in [-0.3, -0.25) is 0 Å². The Morgan fingerprint density at radius 3 is 1.81 bits per heavy atom. The molecule has 0 aliphatic carbocycles. The molecule has 0 fully saturated rings. The quantitative estimate of drug-likeness (QED) is 0.192. The Bertz CT molecular complexity index is 2460. The highest BCUT2D eigenvalue weighted by atomic mass is 16.5. The Morgan fingerprint density at radius 1 is 0.596 bits per heavy atom. The number of ether oxygens (including phenoxy) is 2. The number of carbonyl (C=O) groups excluding carboxylic acids is 2. The van der Waals surface area contributed by atoms with E-state index >= 15 is 0 Å². The molecule has 0 atom stereocenters. The van der Waals surface area contributed by atoms with Gasteiger partial charge in [0.05, 0.1) is 30.9 Å². The van der Waals surface area contributed by atoms with Crippen molar-refractivity contribution in [1.82, 2.24) is 9.97 Å². The molecule has 0 spiro atoms. The molecule has 0 bridgehead atoms. The van der Waals surface area contributed by atoms with Gasteiger partial charge >= 0.3 is 11.9 Å². The lowest BCUT2D eigenvalue weighted by atomic mass is 10.1. The minimum absolute atomic E-state index is 0.0966. The second kappa shape index (κ2) is 12.1. The minimum Gasteiger partial charge on any atom is -0.506 e. The molecule has 9 heteroatoms. The molecule has 8 rings (SSSR count). The van der Waals surface area contributed by atoms with Crippen molar-refractivity contribution in [2.75, 3.05) is 14.2 Å². The summed E-state index contributed by atoms with van der Waals surface area (Å²) in [6.07, 6.45) is 0. The van der Waals surface area contributed by atoms with Crippen molar-refractivity contribution in [2.24, 2.45) is 0 Å². The SMILES string of the molecule is COC(=O)c1cccc2oc(-c3ccc4ccccc4c3)nc12.COC(=O)c1cccc2oc(-c3ccc4ccccc4c3O)nc12. The third-order valence-corrected chi connectivity index (χ3v) is 7.78. The number of rotatable bonds is 4. The molecule has 0 amide bonds. The lowest BCUT2D eigenvalue weighted by Gasteiger charge is -2.04. The van der Waals surface area contributed by atoms with E-state index in [2.05, 4.69) is 16.0 Å². The van der Waals surface area contributed by atoms with Crippen LogP contribution in [-0.4, -0.2) is 41.2 Å². The average Bonchev–Trinajstić information content (AvgIpc) is 3.76. The molecule has 2 heterocycles. The van der Waals surface area contributed by atoms with E-state index in [0.717, 1.165) is 21.7 Å². The molecule has 0 radical (unpaired) electrons. The lowest BCUT2D eigenvalue weighted by molar-refractivity contribution is 0.0594. The van der Waals surface area contributed by atoms with Crippen LogP contribution in [0.25, 0.3) is 66.7 Å². The Morgan fingerprint density at radius 2 is 1.15 bits per heavy atom. The number of para-hydroxylation sites is 2. The Balaban J connectivity index is 0.000000150. The van der Waals surface area contributed by atoms with Gasteiger partial charge in [-0.2, -0.15) is 0 Å². The number of phenolic OH excluding ortho intramolecular Hbond substituents is 1. The fourth-order valence-corrected chi connectivity index (χ4v) is 5.44. The van der Waals surface area contributed by atoms with Crippen LogP contribution in [0.3, 0.4) is 0 Å². The maximum atomic E-state index is 11.9. The summed E-state index contributed by atoms with van der Waals surface area (Å²) < 4.78 is 21.1. The number of hydrogen-bond donors (Lipinski definition) is 1. The minimum atomic E-state index is -0.483. The molecule has 0 saturated carbocycles. The summed E-state index contributed by atoms with van der Waals surface area (Å²) in [6.45, 7) is 0. The van der Waals surface area contributed by atoms with Gasteiger partial charge < -0.3 is 23.4 Å². The van der Waals surface area contributed by atoms with Gasteiger partial charge in [0.2, 0.25) is 11.8 Å². The van der Waals surface area contributed by atoms with Gasteiger partial charge in [-0.1, -0.05) is 72.8 Å². The topological polar surface area (TPSA) is 125 Å². The highest BCUT2D eigenvalue weighted by Gasteiger charge is 2.19. The Kier molecular flexibility index (Phi) is 7.55. The molecule has 0 unspecified atom stereocenters. The van der Waals surface area contributed by atoms with Crippen molar-refractivity contribution in [3.8, 4) is 28.7 Å². The molecule has 1 N–H and O–H groups in total. The number of aromatic hydroxyl groups is 1. The fraction of sp³-hybridized carbons (Fsp3) is 0.0526. The van der Waals surface area contributed by atoms with Crippen molar-refractivity contribution in [3.63, 3.8) is 0 Å². The first-order valence-electron chi connectivity index (χ1n) is 14.6. The third-order valence-electron chi connectivity index (χ3n) is 7.78. The Labute approximate surface area is 267 Å². The molecule has 6 aromatic carbocycles. The number of esters is 2. The maximum absolute atomic E-state index is 11.9. The smallest absolute Gasteiger partial charge is 0.340 e. The maximum Gasteiger partial charge on any atom is 0.340 e. The largest absolute Gasteiger partial charge is 0.506 e. The number of aromatic nitrogens is 2. The monoisotopic (exact) mass is 622 g/mol. The van der Waals surface area contributed by atoms with Crippen LogP contribution >= 0.6 is 0 Å². The number of oxazole rings is 2. The van der Waals surface area contributed by atoms with Crippen LogP contribution in [0.4, 0.5) is 0 Å². The van der Waals surface area contributed by atoms with Gasteiger partial charge in [0.25, 0.3) is 0 Å². The first-order chi connectivity index (χ1) is 22.9. The van der Waals surface area contributed by atoms with Crippen molar-refractivity contribution in [2.45, 2.75) is 0 Å². The van der Waals surface area contributed by atoms with Crippen molar-refractivity contribution in [1.29, 1.82) is 0 Å². The van der Waals surface area contributed by atoms with E-state index in [4.69, 9.17) is 18.3 Å². The van der Waals surface area contributed by atoms with Crippen LogP contribution in [0.2, 0.25) is 0 Å². The van der Waals surface area contributed by atoms with Crippen molar-refractivity contribution in [3.05, 3.63) is 126 Å². The van der Waals surface area contributed by atoms with Gasteiger partial charge in [0.1, 0.15) is 16.8 Å². The third kappa shape index (κ3) is 5.40. The molecular formula is C38H26N2O7.